The van der Waals surface area contributed by atoms with Gasteiger partial charge >= 0.3 is 0 Å². The maximum absolute atomic E-state index is 13.3. The van der Waals surface area contributed by atoms with Gasteiger partial charge in [-0.05, 0) is 18.2 Å². The van der Waals surface area contributed by atoms with Crippen molar-refractivity contribution in [1.29, 1.82) is 0 Å². The second-order valence-corrected chi connectivity index (χ2v) is 3.92. The summed E-state index contributed by atoms with van der Waals surface area (Å²) >= 11 is 5.67. The Morgan fingerprint density at radius 2 is 2.20 bits per heavy atom. The van der Waals surface area contributed by atoms with E-state index in [1.165, 1.54) is 17.0 Å². The molecule has 1 aromatic rings. The summed E-state index contributed by atoms with van der Waals surface area (Å²) in [6.45, 7) is 0.509. The number of aliphatic hydroxyl groups excluding tert-OH is 1. The number of carbonyl (C=O) groups excluding carboxylic acids is 1. The quantitative estimate of drug-likeness (QED) is 0.789. The third-order valence-corrected chi connectivity index (χ3v) is 2.54. The minimum absolute atomic E-state index is 0.0469. The lowest BCUT2D eigenvalue weighted by Gasteiger charge is -2.35. The highest BCUT2D eigenvalue weighted by Crippen LogP contribution is 2.19. The monoisotopic (exact) mass is 229 g/mol. The van der Waals surface area contributed by atoms with Crippen LogP contribution in [0.1, 0.15) is 10.4 Å². The molecule has 0 aromatic heterocycles. The Morgan fingerprint density at radius 1 is 1.53 bits per heavy atom. The van der Waals surface area contributed by atoms with Crippen LogP contribution in [-0.2, 0) is 0 Å². The van der Waals surface area contributed by atoms with Crippen LogP contribution in [0.4, 0.5) is 4.39 Å². The van der Waals surface area contributed by atoms with Gasteiger partial charge in [0.05, 0.1) is 11.7 Å². The number of amides is 1. The van der Waals surface area contributed by atoms with Crippen molar-refractivity contribution in [2.75, 3.05) is 13.1 Å². The molecule has 3 nitrogen and oxygen atoms in total. The Kier molecular flexibility index (Phi) is 2.63. The summed E-state index contributed by atoms with van der Waals surface area (Å²) in [6.07, 6.45) is -0.490. The molecule has 1 N–H and O–H groups in total. The Labute approximate surface area is 91.1 Å². The van der Waals surface area contributed by atoms with Crippen LogP contribution in [0.5, 0.6) is 0 Å². The third-order valence-electron chi connectivity index (χ3n) is 2.31. The van der Waals surface area contributed by atoms with Gasteiger partial charge in [0, 0.05) is 18.1 Å². The molecule has 0 radical (unpaired) electrons. The van der Waals surface area contributed by atoms with Crippen LogP contribution in [0.15, 0.2) is 18.2 Å². The highest BCUT2D eigenvalue weighted by Gasteiger charge is 2.30. The first-order valence-electron chi connectivity index (χ1n) is 4.50. The Hall–Kier alpha value is -1.13. The number of likely N-dealkylation sites (tertiary alicyclic amines) is 1. The average Bonchev–Trinajstić information content (AvgIpc) is 2.16. The van der Waals surface area contributed by atoms with E-state index in [2.05, 4.69) is 0 Å². The zero-order valence-electron chi connectivity index (χ0n) is 7.78. The molecule has 0 unspecified atom stereocenters. The van der Waals surface area contributed by atoms with E-state index in [-0.39, 0.29) is 18.7 Å². The first kappa shape index (κ1) is 10.4. The standard InChI is InChI=1S/C10H9ClFNO2/c11-6-1-2-9(12)8(3-6)10(15)13-4-7(14)5-13/h1-3,7,14H,4-5H2. The summed E-state index contributed by atoms with van der Waals surface area (Å²) < 4.78 is 13.3. The third kappa shape index (κ3) is 1.96. The van der Waals surface area contributed by atoms with E-state index in [1.807, 2.05) is 0 Å². The Bertz CT molecular complexity index is 404. The van der Waals surface area contributed by atoms with E-state index in [0.29, 0.717) is 5.02 Å². The molecule has 0 aliphatic carbocycles. The van der Waals surface area contributed by atoms with Gasteiger partial charge in [-0.2, -0.15) is 0 Å². The number of carbonyl (C=O) groups is 1. The molecule has 0 bridgehead atoms. The van der Waals surface area contributed by atoms with Crippen LogP contribution < -0.4 is 0 Å². The summed E-state index contributed by atoms with van der Waals surface area (Å²) in [5.74, 6) is -1.02. The predicted octanol–water partition coefficient (Wildman–Crippen LogP) is 1.30. The minimum Gasteiger partial charge on any atom is -0.389 e. The summed E-state index contributed by atoms with van der Waals surface area (Å²) in [6, 6.07) is 3.84. The molecule has 15 heavy (non-hydrogen) atoms. The molecule has 0 atom stereocenters. The second kappa shape index (κ2) is 3.79. The van der Waals surface area contributed by atoms with E-state index >= 15 is 0 Å². The van der Waals surface area contributed by atoms with Gasteiger partial charge in [-0.15, -0.1) is 0 Å². The van der Waals surface area contributed by atoms with Gasteiger partial charge < -0.3 is 10.0 Å². The lowest BCUT2D eigenvalue weighted by Crippen LogP contribution is -2.53. The molecule has 1 aliphatic rings. The molecule has 1 fully saturated rings. The molecule has 1 amide bonds. The summed E-state index contributed by atoms with van der Waals surface area (Å²) in [5.41, 5.74) is -0.0469. The molecular weight excluding hydrogens is 221 g/mol. The molecule has 1 aromatic carbocycles. The molecule has 2 rings (SSSR count). The van der Waals surface area contributed by atoms with Gasteiger partial charge in [-0.25, -0.2) is 4.39 Å². The van der Waals surface area contributed by atoms with E-state index < -0.39 is 17.8 Å². The summed E-state index contributed by atoms with van der Waals surface area (Å²) in [7, 11) is 0. The van der Waals surface area contributed by atoms with E-state index in [4.69, 9.17) is 16.7 Å². The fraction of sp³-hybridized carbons (Fsp3) is 0.300. The average molecular weight is 230 g/mol. The molecule has 80 valence electrons. The lowest BCUT2D eigenvalue weighted by molar-refractivity contribution is 0.00559. The van der Waals surface area contributed by atoms with Crippen LogP contribution >= 0.6 is 11.6 Å². The molecule has 1 heterocycles. The van der Waals surface area contributed by atoms with Crippen molar-refractivity contribution in [2.45, 2.75) is 6.10 Å². The van der Waals surface area contributed by atoms with Gasteiger partial charge in [0.25, 0.3) is 5.91 Å². The molecule has 0 saturated carbocycles. The number of hydrogen-bond donors (Lipinski definition) is 1. The van der Waals surface area contributed by atoms with Crippen LogP contribution in [0, 0.1) is 5.82 Å². The minimum atomic E-state index is -0.592. The molecule has 0 spiro atoms. The number of rotatable bonds is 1. The van der Waals surface area contributed by atoms with Crippen molar-refractivity contribution >= 4 is 17.5 Å². The van der Waals surface area contributed by atoms with Gasteiger partial charge in [-0.1, -0.05) is 11.6 Å². The smallest absolute Gasteiger partial charge is 0.257 e. The van der Waals surface area contributed by atoms with E-state index in [1.54, 1.807) is 0 Å². The number of aliphatic hydroxyl groups is 1. The molecule has 5 heteroatoms. The van der Waals surface area contributed by atoms with Crippen molar-refractivity contribution in [3.05, 3.63) is 34.6 Å². The first-order chi connectivity index (χ1) is 7.08. The van der Waals surface area contributed by atoms with Crippen molar-refractivity contribution in [3.63, 3.8) is 0 Å². The summed E-state index contributed by atoms with van der Waals surface area (Å²) in [5, 5.41) is 9.34. The van der Waals surface area contributed by atoms with Gasteiger partial charge in [-0.3, -0.25) is 4.79 Å². The van der Waals surface area contributed by atoms with Gasteiger partial charge in [0.1, 0.15) is 5.82 Å². The Balaban J connectivity index is 2.22. The fourth-order valence-electron chi connectivity index (χ4n) is 1.45. The van der Waals surface area contributed by atoms with Gasteiger partial charge in [0.2, 0.25) is 0 Å². The van der Waals surface area contributed by atoms with E-state index in [0.717, 1.165) is 6.07 Å². The van der Waals surface area contributed by atoms with Gasteiger partial charge in [0.15, 0.2) is 0 Å². The molecule has 1 aliphatic heterocycles. The largest absolute Gasteiger partial charge is 0.389 e. The molecular formula is C10H9ClFNO2. The highest BCUT2D eigenvalue weighted by molar-refractivity contribution is 6.31. The fourth-order valence-corrected chi connectivity index (χ4v) is 1.62. The maximum Gasteiger partial charge on any atom is 0.257 e. The van der Waals surface area contributed by atoms with E-state index in [9.17, 15) is 9.18 Å². The van der Waals surface area contributed by atoms with Crippen LogP contribution in [0.25, 0.3) is 0 Å². The first-order valence-corrected chi connectivity index (χ1v) is 4.88. The predicted molar refractivity (Wildman–Crippen MR) is 53.3 cm³/mol. The van der Waals surface area contributed by atoms with Crippen molar-refractivity contribution in [2.24, 2.45) is 0 Å². The number of halogens is 2. The zero-order chi connectivity index (χ0) is 11.0. The SMILES string of the molecule is O=C(c1cc(Cl)ccc1F)N1CC(O)C1. The van der Waals surface area contributed by atoms with Crippen LogP contribution in [-0.4, -0.2) is 35.1 Å². The zero-order valence-corrected chi connectivity index (χ0v) is 8.54. The number of benzene rings is 1. The van der Waals surface area contributed by atoms with Crippen molar-refractivity contribution < 1.29 is 14.3 Å². The highest BCUT2D eigenvalue weighted by atomic mass is 35.5. The second-order valence-electron chi connectivity index (χ2n) is 3.49. The lowest BCUT2D eigenvalue weighted by atomic mass is 10.1. The number of nitrogens with zero attached hydrogens (tertiary/aromatic N) is 1. The van der Waals surface area contributed by atoms with Crippen molar-refractivity contribution in [3.8, 4) is 0 Å². The molecule has 1 saturated heterocycles. The maximum atomic E-state index is 13.3. The summed E-state index contributed by atoms with van der Waals surface area (Å²) in [4.78, 5) is 13.0. The topological polar surface area (TPSA) is 40.5 Å². The normalized spacial score (nSPS) is 16.3. The van der Waals surface area contributed by atoms with Crippen LogP contribution in [0.2, 0.25) is 5.02 Å². The Morgan fingerprint density at radius 3 is 2.80 bits per heavy atom. The number of β-amino-alcohol motifs (C(OH)–C–C–N with tert-alkyl or cyclic N) is 1. The van der Waals surface area contributed by atoms with Crippen LogP contribution in [0.3, 0.4) is 0 Å². The number of hydrogen-bond acceptors (Lipinski definition) is 2. The van der Waals surface area contributed by atoms with Crippen molar-refractivity contribution in [1.82, 2.24) is 4.90 Å².